The van der Waals surface area contributed by atoms with E-state index >= 15 is 0 Å². The molecule has 1 amide bonds. The van der Waals surface area contributed by atoms with Crippen molar-refractivity contribution >= 4 is 23.1 Å². The summed E-state index contributed by atoms with van der Waals surface area (Å²) in [4.78, 5) is 44.0. The first-order valence-corrected chi connectivity index (χ1v) is 11.0. The maximum Gasteiger partial charge on any atom is 0.418 e. The molecule has 3 atom stereocenters. The highest BCUT2D eigenvalue weighted by Gasteiger charge is 2.65. The summed E-state index contributed by atoms with van der Waals surface area (Å²) >= 11 is 0. The van der Waals surface area contributed by atoms with Gasteiger partial charge in [-0.2, -0.15) is 13.2 Å². The number of benzene rings is 2. The van der Waals surface area contributed by atoms with Crippen molar-refractivity contribution in [2.24, 2.45) is 5.92 Å². The van der Waals surface area contributed by atoms with Crippen LogP contribution in [0.1, 0.15) is 33.0 Å². The van der Waals surface area contributed by atoms with Gasteiger partial charge in [0.1, 0.15) is 5.54 Å². The molecule has 2 aliphatic rings. The van der Waals surface area contributed by atoms with E-state index in [1.165, 1.54) is 54.9 Å². The number of hydrogen-bond acceptors (Lipinski definition) is 6. The zero-order valence-electron chi connectivity index (χ0n) is 18.8. The van der Waals surface area contributed by atoms with E-state index < -0.39 is 45.7 Å². The van der Waals surface area contributed by atoms with E-state index in [1.807, 2.05) is 0 Å². The monoisotopic (exact) mass is 496 g/mol. The molecule has 1 spiro atoms. The van der Waals surface area contributed by atoms with Crippen molar-refractivity contribution in [3.8, 4) is 0 Å². The van der Waals surface area contributed by atoms with E-state index in [2.05, 4.69) is 10.3 Å². The molecule has 184 valence electrons. The highest BCUT2D eigenvalue weighted by Crippen LogP contribution is 2.57. The number of anilines is 1. The molecule has 0 radical (unpaired) electrons. The van der Waals surface area contributed by atoms with Gasteiger partial charge in [0, 0.05) is 48.1 Å². The Morgan fingerprint density at radius 1 is 1.17 bits per heavy atom. The number of carbonyl (C=O) groups excluding carboxylic acids is 2. The third kappa shape index (κ3) is 3.38. The fourth-order valence-electron chi connectivity index (χ4n) is 5.57. The number of fused-ring (bicyclic) bond motifs is 2. The Morgan fingerprint density at radius 3 is 2.53 bits per heavy atom. The number of alkyl halides is 3. The van der Waals surface area contributed by atoms with Gasteiger partial charge >= 0.3 is 6.18 Å². The Bertz CT molecular complexity index is 1400. The predicted octanol–water partition coefficient (Wildman–Crippen LogP) is 4.38. The van der Waals surface area contributed by atoms with Crippen LogP contribution in [-0.4, -0.2) is 40.1 Å². The molecule has 1 saturated heterocycles. The molecule has 0 aliphatic carbocycles. The van der Waals surface area contributed by atoms with Crippen molar-refractivity contribution in [3.05, 3.63) is 99.4 Å². The molecular formula is C25H19F3N4O4. The van der Waals surface area contributed by atoms with Crippen LogP contribution in [0.15, 0.2) is 67.0 Å². The summed E-state index contributed by atoms with van der Waals surface area (Å²) in [7, 11) is 1.57. The number of nitrogens with zero attached hydrogens (tertiary/aromatic N) is 3. The summed E-state index contributed by atoms with van der Waals surface area (Å²) < 4.78 is 41.5. The second-order valence-electron chi connectivity index (χ2n) is 8.86. The molecule has 3 aromatic rings. The van der Waals surface area contributed by atoms with Crippen LogP contribution in [0.5, 0.6) is 0 Å². The highest BCUT2D eigenvalue weighted by atomic mass is 19.4. The van der Waals surface area contributed by atoms with Crippen LogP contribution in [0, 0.1) is 16.0 Å². The third-order valence-corrected chi connectivity index (χ3v) is 7.05. The van der Waals surface area contributed by atoms with Gasteiger partial charge < -0.3 is 5.32 Å². The summed E-state index contributed by atoms with van der Waals surface area (Å²) in [6.45, 7) is 0.103. The van der Waals surface area contributed by atoms with Gasteiger partial charge in [-0.05, 0) is 30.8 Å². The van der Waals surface area contributed by atoms with Crippen molar-refractivity contribution < 1.29 is 27.7 Å². The summed E-state index contributed by atoms with van der Waals surface area (Å²) in [5, 5.41) is 13.8. The normalized spacial score (nSPS) is 23.5. The van der Waals surface area contributed by atoms with Crippen LogP contribution < -0.4 is 5.32 Å². The number of ketones is 1. The standard InChI is InChI=1S/C25H19F3N4O4/c1-31-13-17(15-4-2-5-16(12-15)32(35)36)20(22(33)14-8-10-29-11-9-14)24(31)18-6-3-7-19(25(26,27)28)21(18)30-23(24)34/h2-12,17,20H,13H2,1H3,(H,30,34)/t17-,20+,24+/m0/s1. The van der Waals surface area contributed by atoms with Gasteiger partial charge in [0.05, 0.1) is 22.1 Å². The number of nitrogens with one attached hydrogen (secondary N) is 1. The number of rotatable bonds is 4. The molecule has 36 heavy (non-hydrogen) atoms. The number of nitro benzene ring substituents is 1. The number of non-ortho nitro benzene ring substituents is 1. The molecule has 0 saturated carbocycles. The Kier molecular flexibility index (Phi) is 5.40. The average molecular weight is 496 g/mol. The molecule has 8 nitrogen and oxygen atoms in total. The minimum Gasteiger partial charge on any atom is -0.323 e. The van der Waals surface area contributed by atoms with Crippen LogP contribution in [0.3, 0.4) is 0 Å². The number of carbonyl (C=O) groups is 2. The van der Waals surface area contributed by atoms with Gasteiger partial charge in [-0.1, -0.05) is 24.3 Å². The van der Waals surface area contributed by atoms with Gasteiger partial charge in [0.25, 0.3) is 5.69 Å². The number of likely N-dealkylation sites (tertiary alicyclic amines) is 1. The smallest absolute Gasteiger partial charge is 0.323 e. The topological polar surface area (TPSA) is 105 Å². The first kappa shape index (κ1) is 23.6. The molecular weight excluding hydrogens is 477 g/mol. The number of hydrogen-bond donors (Lipinski definition) is 1. The van der Waals surface area contributed by atoms with Gasteiger partial charge in [-0.25, -0.2) is 0 Å². The number of amides is 1. The molecule has 2 aliphatic heterocycles. The van der Waals surface area contributed by atoms with Crippen LogP contribution in [0.2, 0.25) is 0 Å². The Labute approximate surface area is 202 Å². The first-order valence-electron chi connectivity index (χ1n) is 11.0. The van der Waals surface area contributed by atoms with Crippen molar-refractivity contribution in [3.63, 3.8) is 0 Å². The summed E-state index contributed by atoms with van der Waals surface area (Å²) in [6, 6.07) is 12.2. The molecule has 3 heterocycles. The number of likely N-dealkylation sites (N-methyl/N-ethyl adjacent to an activating group) is 1. The molecule has 0 bridgehead atoms. The fraction of sp³-hybridized carbons (Fsp3) is 0.240. The quantitative estimate of drug-likeness (QED) is 0.327. The number of Topliss-reactive ketones (excluding diaryl/α,β-unsaturated/α-hetero) is 1. The summed E-state index contributed by atoms with van der Waals surface area (Å²) in [5.74, 6) is -3.12. The van der Waals surface area contributed by atoms with Gasteiger partial charge in [0.15, 0.2) is 5.78 Å². The number of nitro groups is 1. The Morgan fingerprint density at radius 2 is 1.86 bits per heavy atom. The molecule has 0 unspecified atom stereocenters. The molecule has 1 N–H and O–H groups in total. The molecule has 11 heteroatoms. The van der Waals surface area contributed by atoms with Crippen molar-refractivity contribution in [2.75, 3.05) is 18.9 Å². The average Bonchev–Trinajstić information content (AvgIpc) is 3.33. The minimum absolute atomic E-state index is 0.0464. The van der Waals surface area contributed by atoms with Crippen molar-refractivity contribution in [1.29, 1.82) is 0 Å². The Balaban J connectivity index is 1.76. The zero-order valence-corrected chi connectivity index (χ0v) is 18.8. The SMILES string of the molecule is CN1C[C@@H](c2cccc([N+](=O)[O-])c2)[C@H](C(=O)c2ccncc2)[C@]12C(=O)Nc1c(C(F)(F)F)cccc12. The maximum absolute atomic E-state index is 14.0. The van der Waals surface area contributed by atoms with E-state index in [9.17, 15) is 32.9 Å². The number of aromatic nitrogens is 1. The third-order valence-electron chi connectivity index (χ3n) is 7.05. The first-order chi connectivity index (χ1) is 17.1. The lowest BCUT2D eigenvalue weighted by atomic mass is 9.70. The van der Waals surface area contributed by atoms with Crippen LogP contribution in [-0.2, 0) is 16.5 Å². The van der Waals surface area contributed by atoms with Gasteiger partial charge in [-0.3, -0.25) is 29.6 Å². The maximum atomic E-state index is 14.0. The lowest BCUT2D eigenvalue weighted by Gasteiger charge is -2.35. The van der Waals surface area contributed by atoms with E-state index in [4.69, 9.17) is 0 Å². The summed E-state index contributed by atoms with van der Waals surface area (Å²) in [6.07, 6.45) is -1.91. The van der Waals surface area contributed by atoms with E-state index in [-0.39, 0.29) is 29.0 Å². The van der Waals surface area contributed by atoms with Crippen molar-refractivity contribution in [1.82, 2.24) is 9.88 Å². The Hall–Kier alpha value is -4.12. The lowest BCUT2D eigenvalue weighted by molar-refractivity contribution is -0.384. The minimum atomic E-state index is -4.73. The number of pyridine rings is 1. The summed E-state index contributed by atoms with van der Waals surface area (Å²) in [5.41, 5.74) is -2.62. The van der Waals surface area contributed by atoms with Crippen LogP contribution in [0.4, 0.5) is 24.5 Å². The molecule has 1 aromatic heterocycles. The fourth-order valence-corrected chi connectivity index (χ4v) is 5.57. The molecule has 2 aromatic carbocycles. The van der Waals surface area contributed by atoms with Crippen LogP contribution in [0.25, 0.3) is 0 Å². The molecule has 5 rings (SSSR count). The second kappa shape index (κ2) is 8.23. The largest absolute Gasteiger partial charge is 0.418 e. The van der Waals surface area contributed by atoms with Gasteiger partial charge in [-0.15, -0.1) is 0 Å². The zero-order chi connectivity index (χ0) is 25.8. The van der Waals surface area contributed by atoms with E-state index in [0.29, 0.717) is 5.56 Å². The van der Waals surface area contributed by atoms with Crippen molar-refractivity contribution in [2.45, 2.75) is 17.6 Å². The van der Waals surface area contributed by atoms with E-state index in [1.54, 1.807) is 18.0 Å². The number of para-hydroxylation sites is 1. The highest BCUT2D eigenvalue weighted by molar-refractivity contribution is 6.12. The van der Waals surface area contributed by atoms with E-state index in [0.717, 1.165) is 6.07 Å². The lowest BCUT2D eigenvalue weighted by Crippen LogP contribution is -2.51. The predicted molar refractivity (Wildman–Crippen MR) is 122 cm³/mol. The van der Waals surface area contributed by atoms with Crippen LogP contribution >= 0.6 is 0 Å². The number of halogens is 3. The second-order valence-corrected chi connectivity index (χ2v) is 8.86. The molecule has 1 fully saturated rings. The van der Waals surface area contributed by atoms with Gasteiger partial charge in [0.2, 0.25) is 5.91 Å².